The van der Waals surface area contributed by atoms with Gasteiger partial charge in [-0.1, -0.05) is 145 Å². The Hall–Kier alpha value is -0.590. The molecule has 0 aliphatic rings. The molecule has 0 unspecified atom stereocenters. The van der Waals surface area contributed by atoms with E-state index in [4.69, 9.17) is 0 Å². The van der Waals surface area contributed by atoms with Gasteiger partial charge in [-0.3, -0.25) is 0 Å². The van der Waals surface area contributed by atoms with Crippen molar-refractivity contribution in [3.8, 4) is 0 Å². The van der Waals surface area contributed by atoms with Crippen LogP contribution in [-0.2, 0) is 0 Å². The maximum Gasteiger partial charge on any atom is -0.00187 e. The summed E-state index contributed by atoms with van der Waals surface area (Å²) in [6.07, 6.45) is 22.3. The molecule has 0 amide bonds. The Kier molecular flexibility index (Phi) is 25.3. The smallest absolute Gasteiger partial charge is 0.00187 e. The maximum atomic E-state index is 2.80. The minimum absolute atomic E-state index is 0. The van der Waals surface area contributed by atoms with Gasteiger partial charge in [-0.15, -0.1) is 24.8 Å². The predicted molar refractivity (Wildman–Crippen MR) is 175 cm³/mol. The molecule has 0 atom stereocenters. The van der Waals surface area contributed by atoms with Crippen LogP contribution in [0.15, 0.2) is 60.7 Å². The monoisotopic (exact) mass is 567 g/mol. The number of halogens is 2. The van der Waals surface area contributed by atoms with E-state index in [0.717, 1.165) is 0 Å². The molecule has 2 aromatic carbocycles. The summed E-state index contributed by atoms with van der Waals surface area (Å²) in [5.41, 5.74) is 0. The van der Waals surface area contributed by atoms with Crippen molar-refractivity contribution in [2.75, 3.05) is 25.8 Å². The Bertz CT molecular complexity index is 657. The van der Waals surface area contributed by atoms with E-state index in [0.29, 0.717) is 0 Å². The molecule has 212 valence electrons. The van der Waals surface area contributed by atoms with Crippen LogP contribution >= 0.6 is 32.7 Å². The van der Waals surface area contributed by atoms with Gasteiger partial charge in [0.25, 0.3) is 0 Å². The summed E-state index contributed by atoms with van der Waals surface area (Å²) in [4.78, 5) is 2.80. The predicted octanol–water partition coefficient (Wildman–Crippen LogP) is 10.2. The second-order valence-electron chi connectivity index (χ2n) is 10.3. The van der Waals surface area contributed by atoms with Crippen molar-refractivity contribution in [2.45, 2.75) is 110 Å². The number of nitrogens with zero attached hydrogens (tertiary/aromatic N) is 1. The number of benzene rings is 2. The fourth-order valence-corrected chi connectivity index (χ4v) is 7.39. The molecule has 0 spiro atoms. The standard InChI is InChI=1S/C33H54NP.2ClH/c1-3-5-7-9-11-20-28-34(29-21-12-10-8-6-4-2)30-22-15-23-31-35(32-24-16-13-17-25-32)33-26-18-14-19-27-33;;/h13-14,16-19,24-27H,3-12,15,20-23,28-31H2,1-2H3;2*1H. The average molecular weight is 569 g/mol. The van der Waals surface area contributed by atoms with Crippen LogP contribution in [0, 0.1) is 0 Å². The quantitative estimate of drug-likeness (QED) is 0.101. The Morgan fingerprint density at radius 3 is 1.22 bits per heavy atom. The van der Waals surface area contributed by atoms with E-state index >= 15 is 0 Å². The lowest BCUT2D eigenvalue weighted by Gasteiger charge is -2.23. The Balaban J connectivity index is 0.00000648. The fourth-order valence-electron chi connectivity index (χ4n) is 4.97. The normalized spacial score (nSPS) is 10.9. The average Bonchev–Trinajstić information content (AvgIpc) is 2.90. The lowest BCUT2D eigenvalue weighted by Crippen LogP contribution is -2.27. The molecule has 0 saturated heterocycles. The second kappa shape index (κ2) is 25.7. The van der Waals surface area contributed by atoms with Gasteiger partial charge in [0.15, 0.2) is 0 Å². The van der Waals surface area contributed by atoms with Crippen molar-refractivity contribution in [1.29, 1.82) is 0 Å². The molecular weight excluding hydrogens is 512 g/mol. The topological polar surface area (TPSA) is 3.24 Å². The highest BCUT2D eigenvalue weighted by Gasteiger charge is 2.13. The Morgan fingerprint density at radius 2 is 0.811 bits per heavy atom. The Morgan fingerprint density at radius 1 is 0.459 bits per heavy atom. The molecule has 1 nitrogen and oxygen atoms in total. The van der Waals surface area contributed by atoms with E-state index in [-0.39, 0.29) is 32.7 Å². The molecule has 0 radical (unpaired) electrons. The zero-order chi connectivity index (χ0) is 24.8. The molecule has 0 aromatic heterocycles. The van der Waals surface area contributed by atoms with Gasteiger partial charge in [0, 0.05) is 0 Å². The Labute approximate surface area is 244 Å². The summed E-state index contributed by atoms with van der Waals surface area (Å²) in [6, 6.07) is 22.4. The summed E-state index contributed by atoms with van der Waals surface area (Å²) in [6.45, 7) is 8.57. The van der Waals surface area contributed by atoms with E-state index in [1.165, 1.54) is 133 Å². The van der Waals surface area contributed by atoms with E-state index < -0.39 is 0 Å². The summed E-state index contributed by atoms with van der Waals surface area (Å²) in [7, 11) is -0.230. The van der Waals surface area contributed by atoms with Crippen LogP contribution in [0.4, 0.5) is 0 Å². The number of rotatable bonds is 22. The van der Waals surface area contributed by atoms with Crippen LogP contribution in [-0.4, -0.2) is 30.7 Å². The van der Waals surface area contributed by atoms with E-state index in [9.17, 15) is 0 Å². The highest BCUT2D eigenvalue weighted by Crippen LogP contribution is 2.34. The third-order valence-corrected chi connectivity index (χ3v) is 9.75. The minimum Gasteiger partial charge on any atom is -0.303 e. The first-order valence-corrected chi connectivity index (χ1v) is 16.5. The molecule has 2 aromatic rings. The van der Waals surface area contributed by atoms with Crippen LogP contribution in [0.1, 0.15) is 110 Å². The lowest BCUT2D eigenvalue weighted by atomic mass is 10.1. The van der Waals surface area contributed by atoms with E-state index in [1.807, 2.05) is 0 Å². The van der Waals surface area contributed by atoms with Gasteiger partial charge in [-0.2, -0.15) is 0 Å². The molecule has 0 heterocycles. The largest absolute Gasteiger partial charge is 0.303 e. The molecule has 37 heavy (non-hydrogen) atoms. The molecule has 0 N–H and O–H groups in total. The van der Waals surface area contributed by atoms with E-state index in [2.05, 4.69) is 79.4 Å². The highest BCUT2D eigenvalue weighted by atomic mass is 35.5. The first kappa shape index (κ1) is 36.4. The highest BCUT2D eigenvalue weighted by molar-refractivity contribution is 7.73. The van der Waals surface area contributed by atoms with Crippen LogP contribution < -0.4 is 10.6 Å². The van der Waals surface area contributed by atoms with Gasteiger partial charge < -0.3 is 4.90 Å². The van der Waals surface area contributed by atoms with Gasteiger partial charge in [0.2, 0.25) is 0 Å². The number of unbranched alkanes of at least 4 members (excludes halogenated alkanes) is 12. The summed E-state index contributed by atoms with van der Waals surface area (Å²) in [5.74, 6) is 0. The summed E-state index contributed by atoms with van der Waals surface area (Å²) in [5, 5.41) is 3.06. The van der Waals surface area contributed by atoms with Crippen molar-refractivity contribution in [1.82, 2.24) is 4.90 Å². The molecule has 2 rings (SSSR count). The van der Waals surface area contributed by atoms with Crippen LogP contribution in [0.5, 0.6) is 0 Å². The molecule has 0 bridgehead atoms. The van der Waals surface area contributed by atoms with Crippen molar-refractivity contribution < 1.29 is 0 Å². The van der Waals surface area contributed by atoms with Crippen molar-refractivity contribution in [3.05, 3.63) is 60.7 Å². The first-order valence-electron chi connectivity index (χ1n) is 14.9. The summed E-state index contributed by atoms with van der Waals surface area (Å²) >= 11 is 0. The third-order valence-electron chi connectivity index (χ3n) is 7.15. The molecule has 0 saturated carbocycles. The van der Waals surface area contributed by atoms with Gasteiger partial charge in [-0.25, -0.2) is 0 Å². The van der Waals surface area contributed by atoms with Crippen molar-refractivity contribution in [2.24, 2.45) is 0 Å². The maximum absolute atomic E-state index is 2.80. The molecule has 0 aliphatic carbocycles. The zero-order valence-electron chi connectivity index (χ0n) is 23.9. The van der Waals surface area contributed by atoms with Crippen molar-refractivity contribution >= 4 is 43.3 Å². The molecule has 4 heteroatoms. The minimum atomic E-state index is -0.230. The van der Waals surface area contributed by atoms with Gasteiger partial charge in [0.05, 0.1) is 0 Å². The summed E-state index contributed by atoms with van der Waals surface area (Å²) < 4.78 is 0. The van der Waals surface area contributed by atoms with Crippen LogP contribution in [0.3, 0.4) is 0 Å². The lowest BCUT2D eigenvalue weighted by molar-refractivity contribution is 0.255. The van der Waals surface area contributed by atoms with Gasteiger partial charge >= 0.3 is 0 Å². The number of hydrogen-bond donors (Lipinski definition) is 0. The van der Waals surface area contributed by atoms with Crippen LogP contribution in [0.25, 0.3) is 0 Å². The SMILES string of the molecule is CCCCCCCCN(CCCCCCCC)CCCCCP(c1ccccc1)c1ccccc1.Cl.Cl. The third kappa shape index (κ3) is 17.6. The van der Waals surface area contributed by atoms with Gasteiger partial charge in [0.1, 0.15) is 0 Å². The molecular formula is C33H56Cl2NP. The zero-order valence-corrected chi connectivity index (χ0v) is 26.4. The fraction of sp³-hybridized carbons (Fsp3) is 0.636. The first-order chi connectivity index (χ1) is 17.3. The van der Waals surface area contributed by atoms with Crippen LogP contribution in [0.2, 0.25) is 0 Å². The van der Waals surface area contributed by atoms with Gasteiger partial charge in [-0.05, 0) is 70.0 Å². The second-order valence-corrected chi connectivity index (χ2v) is 12.6. The molecule has 0 fully saturated rings. The van der Waals surface area contributed by atoms with E-state index in [1.54, 1.807) is 0 Å². The van der Waals surface area contributed by atoms with Crippen molar-refractivity contribution in [3.63, 3.8) is 0 Å². The number of hydrogen-bond acceptors (Lipinski definition) is 1. The molecule has 0 aliphatic heterocycles.